The molecule has 1 aliphatic rings. The number of rotatable bonds is 5. The van der Waals surface area contributed by atoms with E-state index in [0.717, 1.165) is 12.1 Å². The lowest BCUT2D eigenvalue weighted by atomic mass is 9.83. The van der Waals surface area contributed by atoms with Crippen LogP contribution in [0.3, 0.4) is 0 Å². The van der Waals surface area contributed by atoms with E-state index in [0.29, 0.717) is 5.41 Å². The van der Waals surface area contributed by atoms with Gasteiger partial charge in [0.25, 0.3) is 0 Å². The van der Waals surface area contributed by atoms with Crippen molar-refractivity contribution in [1.82, 2.24) is 5.32 Å². The van der Waals surface area contributed by atoms with Gasteiger partial charge in [0.15, 0.2) is 0 Å². The third kappa shape index (κ3) is 3.21. The molecular formula is C16H25NO2. The summed E-state index contributed by atoms with van der Waals surface area (Å²) in [7, 11) is 0. The molecule has 1 atom stereocenters. The van der Waals surface area contributed by atoms with Crippen molar-refractivity contribution >= 4 is 0 Å². The average Bonchev–Trinajstić information content (AvgIpc) is 2.85. The third-order valence-corrected chi connectivity index (χ3v) is 4.68. The van der Waals surface area contributed by atoms with Crippen molar-refractivity contribution in [2.75, 3.05) is 6.54 Å². The van der Waals surface area contributed by atoms with Gasteiger partial charge in [-0.3, -0.25) is 0 Å². The van der Waals surface area contributed by atoms with E-state index in [1.807, 2.05) is 0 Å². The molecular weight excluding hydrogens is 238 g/mol. The Kier molecular flexibility index (Phi) is 4.35. The van der Waals surface area contributed by atoms with Crippen LogP contribution in [-0.2, 0) is 0 Å². The number of benzene rings is 1. The van der Waals surface area contributed by atoms with E-state index in [1.54, 1.807) is 12.1 Å². The van der Waals surface area contributed by atoms with Crippen molar-refractivity contribution in [2.24, 2.45) is 5.41 Å². The summed E-state index contributed by atoms with van der Waals surface area (Å²) in [5, 5.41) is 22.7. The van der Waals surface area contributed by atoms with Crippen LogP contribution in [0.2, 0.25) is 0 Å². The smallest absolute Gasteiger partial charge is 0.124 e. The van der Waals surface area contributed by atoms with Crippen molar-refractivity contribution in [3.63, 3.8) is 0 Å². The highest BCUT2D eigenvalue weighted by atomic mass is 16.3. The number of phenols is 2. The number of phenolic OH excluding ortho intramolecular Hbond substituents is 2. The van der Waals surface area contributed by atoms with Gasteiger partial charge in [0.05, 0.1) is 0 Å². The zero-order valence-corrected chi connectivity index (χ0v) is 11.9. The molecule has 1 fully saturated rings. The normalized spacial score (nSPS) is 19.5. The van der Waals surface area contributed by atoms with Gasteiger partial charge in [-0.25, -0.2) is 0 Å². The van der Waals surface area contributed by atoms with Gasteiger partial charge < -0.3 is 15.5 Å². The third-order valence-electron chi connectivity index (χ3n) is 4.68. The second-order valence-corrected chi connectivity index (χ2v) is 5.91. The predicted molar refractivity (Wildman–Crippen MR) is 77.4 cm³/mol. The molecule has 19 heavy (non-hydrogen) atoms. The molecule has 3 nitrogen and oxygen atoms in total. The molecule has 1 aromatic rings. The minimum absolute atomic E-state index is 0.102. The number of hydrogen-bond donors (Lipinski definition) is 3. The second kappa shape index (κ2) is 5.83. The molecule has 0 amide bonds. The van der Waals surface area contributed by atoms with Crippen LogP contribution in [0, 0.1) is 5.41 Å². The molecule has 106 valence electrons. The van der Waals surface area contributed by atoms with Crippen molar-refractivity contribution in [3.8, 4) is 11.5 Å². The van der Waals surface area contributed by atoms with Crippen LogP contribution in [0.4, 0.5) is 0 Å². The van der Waals surface area contributed by atoms with E-state index < -0.39 is 0 Å². The van der Waals surface area contributed by atoms with Crippen LogP contribution < -0.4 is 5.32 Å². The van der Waals surface area contributed by atoms with Crippen LogP contribution in [0.15, 0.2) is 18.2 Å². The van der Waals surface area contributed by atoms with Crippen LogP contribution >= 0.6 is 0 Å². The molecule has 0 aromatic heterocycles. The van der Waals surface area contributed by atoms with E-state index in [1.165, 1.54) is 38.2 Å². The first-order valence-electron chi connectivity index (χ1n) is 7.31. The van der Waals surface area contributed by atoms with E-state index in [2.05, 4.69) is 19.2 Å². The Morgan fingerprint density at radius 3 is 2.53 bits per heavy atom. The molecule has 0 bridgehead atoms. The van der Waals surface area contributed by atoms with Gasteiger partial charge in [0, 0.05) is 24.2 Å². The fourth-order valence-electron chi connectivity index (χ4n) is 3.16. The highest BCUT2D eigenvalue weighted by molar-refractivity contribution is 5.40. The molecule has 2 rings (SSSR count). The monoisotopic (exact) mass is 263 g/mol. The lowest BCUT2D eigenvalue weighted by molar-refractivity contribution is 0.258. The minimum Gasteiger partial charge on any atom is -0.508 e. The van der Waals surface area contributed by atoms with Crippen LogP contribution in [0.25, 0.3) is 0 Å². The lowest BCUT2D eigenvalue weighted by Crippen LogP contribution is -2.33. The Morgan fingerprint density at radius 2 is 1.95 bits per heavy atom. The maximum absolute atomic E-state index is 9.88. The average molecular weight is 263 g/mol. The van der Waals surface area contributed by atoms with Gasteiger partial charge >= 0.3 is 0 Å². The summed E-state index contributed by atoms with van der Waals surface area (Å²) in [5.41, 5.74) is 1.29. The van der Waals surface area contributed by atoms with Gasteiger partial charge in [-0.15, -0.1) is 0 Å². The number of nitrogens with one attached hydrogen (secondary N) is 1. The van der Waals surface area contributed by atoms with E-state index in [4.69, 9.17) is 0 Å². The first kappa shape index (κ1) is 14.2. The number of aromatic hydroxyl groups is 2. The largest absolute Gasteiger partial charge is 0.508 e. The molecule has 1 aliphatic carbocycles. The Morgan fingerprint density at radius 1 is 1.26 bits per heavy atom. The summed E-state index contributed by atoms with van der Waals surface area (Å²) in [4.78, 5) is 0. The van der Waals surface area contributed by atoms with Crippen molar-refractivity contribution in [3.05, 3.63) is 23.8 Å². The van der Waals surface area contributed by atoms with E-state index >= 15 is 0 Å². The van der Waals surface area contributed by atoms with Crippen molar-refractivity contribution in [1.29, 1.82) is 0 Å². The standard InChI is InChI=1S/C16H25NO2/c1-3-16(8-4-5-9-16)11-17-12(2)14-7-6-13(18)10-15(14)19/h6-7,10,12,17-19H,3-5,8-9,11H2,1-2H3. The molecule has 0 spiro atoms. The van der Waals surface area contributed by atoms with Gasteiger partial charge in [-0.2, -0.15) is 0 Å². The molecule has 1 aromatic carbocycles. The Hall–Kier alpha value is -1.22. The van der Waals surface area contributed by atoms with Crippen LogP contribution in [0.1, 0.15) is 57.6 Å². The lowest BCUT2D eigenvalue weighted by Gasteiger charge is -2.30. The topological polar surface area (TPSA) is 52.5 Å². The molecule has 3 heteroatoms. The molecule has 1 saturated carbocycles. The highest BCUT2D eigenvalue weighted by Gasteiger charge is 2.32. The Labute approximate surface area is 115 Å². The zero-order valence-electron chi connectivity index (χ0n) is 11.9. The first-order chi connectivity index (χ1) is 9.06. The Balaban J connectivity index is 1.99. The van der Waals surface area contributed by atoms with E-state index in [9.17, 15) is 10.2 Å². The highest BCUT2D eigenvalue weighted by Crippen LogP contribution is 2.41. The Bertz CT molecular complexity index is 425. The minimum atomic E-state index is 0.102. The molecule has 0 radical (unpaired) electrons. The van der Waals surface area contributed by atoms with Gasteiger partial charge in [0.2, 0.25) is 0 Å². The van der Waals surface area contributed by atoms with Gasteiger partial charge in [-0.05, 0) is 37.7 Å². The van der Waals surface area contributed by atoms with Gasteiger partial charge in [-0.1, -0.05) is 25.8 Å². The van der Waals surface area contributed by atoms with Crippen molar-refractivity contribution < 1.29 is 10.2 Å². The zero-order chi connectivity index (χ0) is 13.9. The summed E-state index contributed by atoms with van der Waals surface area (Å²) >= 11 is 0. The first-order valence-corrected chi connectivity index (χ1v) is 7.31. The second-order valence-electron chi connectivity index (χ2n) is 5.91. The fraction of sp³-hybridized carbons (Fsp3) is 0.625. The van der Waals surface area contributed by atoms with E-state index in [-0.39, 0.29) is 17.5 Å². The SMILES string of the molecule is CCC1(CNC(C)c2ccc(O)cc2O)CCCC1. The summed E-state index contributed by atoms with van der Waals surface area (Å²) in [5.74, 6) is 0.270. The quantitative estimate of drug-likeness (QED) is 0.759. The molecule has 1 unspecified atom stereocenters. The summed E-state index contributed by atoms with van der Waals surface area (Å²) in [6.07, 6.45) is 6.52. The van der Waals surface area contributed by atoms with Crippen LogP contribution in [0.5, 0.6) is 11.5 Å². The molecule has 0 heterocycles. The predicted octanol–water partition coefficient (Wildman–Crippen LogP) is 3.72. The van der Waals surface area contributed by atoms with Crippen molar-refractivity contribution in [2.45, 2.75) is 52.0 Å². The van der Waals surface area contributed by atoms with Crippen LogP contribution in [-0.4, -0.2) is 16.8 Å². The van der Waals surface area contributed by atoms with Gasteiger partial charge in [0.1, 0.15) is 11.5 Å². The molecule has 3 N–H and O–H groups in total. The fourth-order valence-corrected chi connectivity index (χ4v) is 3.16. The number of hydrogen-bond acceptors (Lipinski definition) is 3. The maximum Gasteiger partial charge on any atom is 0.124 e. The summed E-state index contributed by atoms with van der Waals surface area (Å²) < 4.78 is 0. The maximum atomic E-state index is 9.88. The molecule has 0 aliphatic heterocycles. The summed E-state index contributed by atoms with van der Waals surface area (Å²) in [6, 6.07) is 4.91. The summed E-state index contributed by atoms with van der Waals surface area (Å²) in [6.45, 7) is 5.34. The molecule has 0 saturated heterocycles.